The van der Waals surface area contributed by atoms with Gasteiger partial charge in [0.2, 0.25) is 0 Å². The molecule has 26 heavy (non-hydrogen) atoms. The van der Waals surface area contributed by atoms with E-state index in [0.717, 1.165) is 34.4 Å². The first-order chi connectivity index (χ1) is 12.7. The maximum atomic E-state index is 9.10. The van der Waals surface area contributed by atoms with Gasteiger partial charge in [0.25, 0.3) is 0 Å². The number of rotatable bonds is 3. The van der Waals surface area contributed by atoms with E-state index in [1.54, 1.807) is 23.5 Å². The molecule has 2 saturated heterocycles. The maximum Gasteiger partial charge on any atom is 0.163 e. The Morgan fingerprint density at radius 3 is 2.65 bits per heavy atom. The SMILES string of the molecule is N#Cc1cccc(-c2nc(N)c3cc(CN4C5CCC4CC5)sc3n2)c1. The zero-order valence-corrected chi connectivity index (χ0v) is 15.2. The van der Waals surface area contributed by atoms with Gasteiger partial charge in [-0.1, -0.05) is 12.1 Å². The summed E-state index contributed by atoms with van der Waals surface area (Å²) >= 11 is 1.71. The lowest BCUT2D eigenvalue weighted by molar-refractivity contribution is 0.246. The largest absolute Gasteiger partial charge is 0.383 e. The van der Waals surface area contributed by atoms with Gasteiger partial charge in [0.05, 0.1) is 17.0 Å². The molecule has 5 rings (SSSR count). The van der Waals surface area contributed by atoms with Crippen LogP contribution in [0.4, 0.5) is 5.82 Å². The number of nitrogen functional groups attached to an aromatic ring is 1. The molecule has 2 aliphatic rings. The van der Waals surface area contributed by atoms with E-state index < -0.39 is 0 Å². The number of anilines is 1. The van der Waals surface area contributed by atoms with Crippen LogP contribution in [0, 0.1) is 11.3 Å². The predicted octanol–water partition coefficient (Wildman–Crippen LogP) is 3.94. The van der Waals surface area contributed by atoms with Crippen molar-refractivity contribution in [2.75, 3.05) is 5.73 Å². The van der Waals surface area contributed by atoms with Gasteiger partial charge in [-0.3, -0.25) is 4.90 Å². The molecule has 2 aliphatic heterocycles. The Labute approximate surface area is 156 Å². The lowest BCUT2D eigenvalue weighted by Crippen LogP contribution is -2.27. The minimum atomic E-state index is 0.513. The highest BCUT2D eigenvalue weighted by Gasteiger charge is 2.39. The lowest BCUT2D eigenvalue weighted by atomic mass is 10.0. The second-order valence-corrected chi connectivity index (χ2v) is 8.31. The van der Waals surface area contributed by atoms with Crippen molar-refractivity contribution in [2.24, 2.45) is 0 Å². The van der Waals surface area contributed by atoms with Crippen molar-refractivity contribution in [3.05, 3.63) is 40.8 Å². The zero-order chi connectivity index (χ0) is 17.7. The van der Waals surface area contributed by atoms with E-state index in [2.05, 4.69) is 22.0 Å². The number of hydrogen-bond acceptors (Lipinski definition) is 6. The van der Waals surface area contributed by atoms with Crippen LogP contribution in [0.2, 0.25) is 0 Å². The Hall–Kier alpha value is -2.49. The van der Waals surface area contributed by atoms with Gasteiger partial charge in [0.1, 0.15) is 10.6 Å². The first kappa shape index (κ1) is 15.7. The van der Waals surface area contributed by atoms with Gasteiger partial charge in [0, 0.05) is 29.1 Å². The van der Waals surface area contributed by atoms with Crippen molar-refractivity contribution in [3.8, 4) is 17.5 Å². The third kappa shape index (κ3) is 2.56. The predicted molar refractivity (Wildman–Crippen MR) is 104 cm³/mol. The van der Waals surface area contributed by atoms with Gasteiger partial charge in [-0.15, -0.1) is 11.3 Å². The number of benzene rings is 1. The van der Waals surface area contributed by atoms with Gasteiger partial charge in [-0.05, 0) is 43.9 Å². The molecule has 0 amide bonds. The van der Waals surface area contributed by atoms with Crippen LogP contribution in [0.1, 0.15) is 36.1 Å². The first-order valence-electron chi connectivity index (χ1n) is 9.03. The number of thiophene rings is 1. The summed E-state index contributed by atoms with van der Waals surface area (Å²) in [6.07, 6.45) is 5.38. The molecule has 6 heteroatoms. The quantitative estimate of drug-likeness (QED) is 0.764. The van der Waals surface area contributed by atoms with Gasteiger partial charge in [-0.25, -0.2) is 9.97 Å². The summed E-state index contributed by atoms with van der Waals surface area (Å²) in [7, 11) is 0. The third-order valence-electron chi connectivity index (χ3n) is 5.67. The van der Waals surface area contributed by atoms with Gasteiger partial charge in [-0.2, -0.15) is 5.26 Å². The summed E-state index contributed by atoms with van der Waals surface area (Å²) in [5.74, 6) is 1.10. The molecule has 5 nitrogen and oxygen atoms in total. The van der Waals surface area contributed by atoms with Crippen molar-refractivity contribution in [3.63, 3.8) is 0 Å². The topological polar surface area (TPSA) is 78.8 Å². The van der Waals surface area contributed by atoms with Gasteiger partial charge < -0.3 is 5.73 Å². The van der Waals surface area contributed by atoms with E-state index >= 15 is 0 Å². The molecule has 0 unspecified atom stereocenters. The summed E-state index contributed by atoms with van der Waals surface area (Å²) in [4.78, 5) is 14.1. The summed E-state index contributed by atoms with van der Waals surface area (Å²) in [5, 5.41) is 10.0. The van der Waals surface area contributed by atoms with Crippen LogP contribution in [0.3, 0.4) is 0 Å². The summed E-state index contributed by atoms with van der Waals surface area (Å²) < 4.78 is 0. The number of nitriles is 1. The summed E-state index contributed by atoms with van der Waals surface area (Å²) in [6, 6.07) is 13.2. The normalized spacial score (nSPS) is 22.1. The van der Waals surface area contributed by atoms with E-state index in [1.807, 2.05) is 12.1 Å². The first-order valence-corrected chi connectivity index (χ1v) is 9.85. The molecule has 0 atom stereocenters. The summed E-state index contributed by atoms with van der Waals surface area (Å²) in [6.45, 7) is 0.995. The van der Waals surface area contributed by atoms with E-state index in [4.69, 9.17) is 16.0 Å². The molecule has 2 fully saturated rings. The number of fused-ring (bicyclic) bond motifs is 3. The molecule has 3 aromatic rings. The van der Waals surface area contributed by atoms with Gasteiger partial charge >= 0.3 is 0 Å². The second kappa shape index (κ2) is 6.04. The number of hydrogen-bond donors (Lipinski definition) is 1. The standard InChI is InChI=1S/C20H19N5S/c21-10-12-2-1-3-13(8-12)19-23-18(22)17-9-16(26-20(17)24-19)11-25-14-4-5-15(25)7-6-14/h1-3,8-9,14-15H,4-7,11H2,(H2,22,23,24). The van der Waals surface area contributed by atoms with Crippen LogP contribution >= 0.6 is 11.3 Å². The highest BCUT2D eigenvalue weighted by Crippen LogP contribution is 2.40. The molecule has 2 N–H and O–H groups in total. The van der Waals surface area contributed by atoms with Crippen molar-refractivity contribution in [2.45, 2.75) is 44.3 Å². The fraction of sp³-hybridized carbons (Fsp3) is 0.350. The lowest BCUT2D eigenvalue weighted by Gasteiger charge is -2.20. The van der Waals surface area contributed by atoms with Crippen LogP contribution in [0.5, 0.6) is 0 Å². The number of aromatic nitrogens is 2. The van der Waals surface area contributed by atoms with Crippen molar-refractivity contribution >= 4 is 27.4 Å². The Kier molecular flexibility index (Phi) is 3.66. The molecule has 2 aromatic heterocycles. The van der Waals surface area contributed by atoms with E-state index in [9.17, 15) is 0 Å². The fourth-order valence-corrected chi connectivity index (χ4v) is 5.43. The third-order valence-corrected chi connectivity index (χ3v) is 6.68. The molecule has 0 saturated carbocycles. The molecule has 0 radical (unpaired) electrons. The number of nitrogens with two attached hydrogens (primary N) is 1. The van der Waals surface area contributed by atoms with Crippen LogP contribution in [-0.4, -0.2) is 27.0 Å². The summed E-state index contributed by atoms with van der Waals surface area (Å²) in [5.41, 5.74) is 7.65. The molecule has 2 bridgehead atoms. The molecule has 0 spiro atoms. The molecular weight excluding hydrogens is 342 g/mol. The minimum absolute atomic E-state index is 0.513. The molecule has 130 valence electrons. The average Bonchev–Trinajstić information content (AvgIpc) is 3.36. The number of nitrogens with zero attached hydrogens (tertiary/aromatic N) is 4. The smallest absolute Gasteiger partial charge is 0.163 e. The molecule has 0 aliphatic carbocycles. The van der Waals surface area contributed by atoms with Crippen molar-refractivity contribution in [1.29, 1.82) is 5.26 Å². The van der Waals surface area contributed by atoms with E-state index in [0.29, 0.717) is 17.2 Å². The Balaban J connectivity index is 1.50. The fourth-order valence-electron chi connectivity index (χ4n) is 4.39. The highest BCUT2D eigenvalue weighted by molar-refractivity contribution is 7.18. The zero-order valence-electron chi connectivity index (χ0n) is 14.4. The molecule has 4 heterocycles. The Bertz CT molecular complexity index is 1010. The van der Waals surface area contributed by atoms with Crippen LogP contribution in [0.15, 0.2) is 30.3 Å². The van der Waals surface area contributed by atoms with Crippen LogP contribution < -0.4 is 5.73 Å². The molecule has 1 aromatic carbocycles. The highest BCUT2D eigenvalue weighted by atomic mass is 32.1. The molecular formula is C20H19N5S. The van der Waals surface area contributed by atoms with Crippen molar-refractivity contribution in [1.82, 2.24) is 14.9 Å². The van der Waals surface area contributed by atoms with E-state index in [-0.39, 0.29) is 0 Å². The monoisotopic (exact) mass is 361 g/mol. The van der Waals surface area contributed by atoms with Crippen LogP contribution in [-0.2, 0) is 6.54 Å². The maximum absolute atomic E-state index is 9.10. The minimum Gasteiger partial charge on any atom is -0.383 e. The van der Waals surface area contributed by atoms with E-state index in [1.165, 1.54) is 30.6 Å². The second-order valence-electron chi connectivity index (χ2n) is 7.19. The Morgan fingerprint density at radius 2 is 1.92 bits per heavy atom. The van der Waals surface area contributed by atoms with Gasteiger partial charge in [0.15, 0.2) is 5.82 Å². The average molecular weight is 361 g/mol. The Morgan fingerprint density at radius 1 is 1.15 bits per heavy atom. The van der Waals surface area contributed by atoms with Crippen molar-refractivity contribution < 1.29 is 0 Å². The van der Waals surface area contributed by atoms with Crippen LogP contribution in [0.25, 0.3) is 21.6 Å².